The standard InChI is InChI=1S/C20H26O6/c1-5-6-7-8-13(2)14(3)20(22,23)26-18-12-16-15(11-17(18)24-4)9-10-19(21)25-16/h9-12,22-23H,5-8H2,1-4H3/b14-13+. The van der Waals surface area contributed by atoms with Gasteiger partial charge in [0.1, 0.15) is 5.58 Å². The van der Waals surface area contributed by atoms with Crippen LogP contribution in [0.3, 0.4) is 0 Å². The van der Waals surface area contributed by atoms with Crippen LogP contribution in [0.15, 0.2) is 44.6 Å². The summed E-state index contributed by atoms with van der Waals surface area (Å²) in [5.74, 6) is -2.12. The van der Waals surface area contributed by atoms with E-state index in [-0.39, 0.29) is 11.3 Å². The summed E-state index contributed by atoms with van der Waals surface area (Å²) in [5, 5.41) is 21.5. The van der Waals surface area contributed by atoms with Gasteiger partial charge in [-0.05, 0) is 38.8 Å². The van der Waals surface area contributed by atoms with Gasteiger partial charge in [-0.15, -0.1) is 0 Å². The van der Waals surface area contributed by atoms with Crippen molar-refractivity contribution in [3.05, 3.63) is 45.8 Å². The van der Waals surface area contributed by atoms with Crippen molar-refractivity contribution in [2.45, 2.75) is 52.4 Å². The van der Waals surface area contributed by atoms with Gasteiger partial charge in [-0.1, -0.05) is 25.3 Å². The first-order valence-corrected chi connectivity index (χ1v) is 8.71. The highest BCUT2D eigenvalue weighted by molar-refractivity contribution is 5.80. The number of hydrogen-bond acceptors (Lipinski definition) is 6. The van der Waals surface area contributed by atoms with Crippen LogP contribution in [0.2, 0.25) is 0 Å². The molecule has 0 bridgehead atoms. The fraction of sp³-hybridized carbons (Fsp3) is 0.450. The number of ether oxygens (including phenoxy) is 2. The zero-order valence-corrected chi connectivity index (χ0v) is 15.7. The van der Waals surface area contributed by atoms with Crippen LogP contribution in [-0.2, 0) is 0 Å². The monoisotopic (exact) mass is 362 g/mol. The van der Waals surface area contributed by atoms with Gasteiger partial charge in [-0.2, -0.15) is 0 Å². The quantitative estimate of drug-likeness (QED) is 0.322. The Morgan fingerprint density at radius 2 is 1.88 bits per heavy atom. The van der Waals surface area contributed by atoms with E-state index in [1.54, 1.807) is 19.1 Å². The molecule has 142 valence electrons. The van der Waals surface area contributed by atoms with Crippen molar-refractivity contribution in [3.8, 4) is 11.5 Å². The lowest BCUT2D eigenvalue weighted by Crippen LogP contribution is -2.37. The minimum Gasteiger partial charge on any atom is -0.493 e. The van der Waals surface area contributed by atoms with Crippen molar-refractivity contribution >= 4 is 11.0 Å². The maximum absolute atomic E-state index is 11.4. The Morgan fingerprint density at radius 1 is 1.15 bits per heavy atom. The zero-order valence-electron chi connectivity index (χ0n) is 15.7. The Hall–Kier alpha value is -2.31. The van der Waals surface area contributed by atoms with Crippen LogP contribution in [0.1, 0.15) is 46.5 Å². The second-order valence-corrected chi connectivity index (χ2v) is 6.37. The van der Waals surface area contributed by atoms with Crippen molar-refractivity contribution in [1.82, 2.24) is 0 Å². The van der Waals surface area contributed by atoms with E-state index in [4.69, 9.17) is 13.9 Å². The summed E-state index contributed by atoms with van der Waals surface area (Å²) in [4.78, 5) is 11.4. The number of allylic oxidation sites excluding steroid dienone is 1. The normalized spacial score (nSPS) is 12.8. The van der Waals surface area contributed by atoms with E-state index in [0.29, 0.717) is 16.7 Å². The van der Waals surface area contributed by atoms with Gasteiger partial charge in [0, 0.05) is 23.1 Å². The van der Waals surface area contributed by atoms with Gasteiger partial charge < -0.3 is 24.1 Å². The third kappa shape index (κ3) is 4.65. The molecule has 0 spiro atoms. The first kappa shape index (κ1) is 20.0. The molecule has 0 aliphatic heterocycles. The average Bonchev–Trinajstić information content (AvgIpc) is 2.60. The van der Waals surface area contributed by atoms with Gasteiger partial charge in [0.05, 0.1) is 7.11 Å². The summed E-state index contributed by atoms with van der Waals surface area (Å²) in [7, 11) is 1.45. The molecule has 1 heterocycles. The molecule has 0 saturated carbocycles. The van der Waals surface area contributed by atoms with Crippen molar-refractivity contribution in [3.63, 3.8) is 0 Å². The molecule has 0 aliphatic rings. The van der Waals surface area contributed by atoms with Gasteiger partial charge in [-0.25, -0.2) is 4.79 Å². The highest BCUT2D eigenvalue weighted by atomic mass is 16.8. The molecule has 0 atom stereocenters. The number of hydrogen-bond donors (Lipinski definition) is 2. The van der Waals surface area contributed by atoms with Gasteiger partial charge >= 0.3 is 11.6 Å². The minimum atomic E-state index is -2.49. The van der Waals surface area contributed by atoms with E-state index < -0.39 is 11.6 Å². The lowest BCUT2D eigenvalue weighted by Gasteiger charge is -2.26. The molecule has 6 heteroatoms. The van der Waals surface area contributed by atoms with Gasteiger partial charge in [0.15, 0.2) is 11.5 Å². The summed E-state index contributed by atoms with van der Waals surface area (Å²) in [6.45, 7) is 5.59. The molecule has 2 N–H and O–H groups in total. The number of aliphatic hydroxyl groups is 2. The highest BCUT2D eigenvalue weighted by Gasteiger charge is 2.31. The van der Waals surface area contributed by atoms with E-state index in [1.807, 2.05) is 6.92 Å². The maximum Gasteiger partial charge on any atom is 0.347 e. The minimum absolute atomic E-state index is 0.0695. The van der Waals surface area contributed by atoms with Crippen LogP contribution >= 0.6 is 0 Å². The third-order valence-electron chi connectivity index (χ3n) is 4.44. The molecule has 0 aliphatic carbocycles. The van der Waals surface area contributed by atoms with Gasteiger partial charge in [-0.3, -0.25) is 0 Å². The Morgan fingerprint density at radius 3 is 2.54 bits per heavy atom. The summed E-state index contributed by atoms with van der Waals surface area (Å²) in [6.07, 6.45) is 3.90. The molecule has 1 aromatic heterocycles. The van der Waals surface area contributed by atoms with Crippen molar-refractivity contribution in [1.29, 1.82) is 0 Å². The topological polar surface area (TPSA) is 89.1 Å². The maximum atomic E-state index is 11.4. The van der Waals surface area contributed by atoms with Gasteiger partial charge in [0.25, 0.3) is 0 Å². The second-order valence-electron chi connectivity index (χ2n) is 6.37. The molecule has 0 radical (unpaired) electrons. The average molecular weight is 362 g/mol. The second kappa shape index (κ2) is 8.38. The van der Waals surface area contributed by atoms with E-state index in [2.05, 4.69) is 6.92 Å². The third-order valence-corrected chi connectivity index (χ3v) is 4.44. The van der Waals surface area contributed by atoms with Crippen LogP contribution < -0.4 is 15.1 Å². The number of methoxy groups -OCH3 is 1. The summed E-state index contributed by atoms with van der Waals surface area (Å²) >= 11 is 0. The number of unbranched alkanes of at least 4 members (excludes halogenated alkanes) is 2. The van der Waals surface area contributed by atoms with Crippen LogP contribution in [-0.4, -0.2) is 23.3 Å². The van der Waals surface area contributed by atoms with Crippen molar-refractivity contribution in [2.75, 3.05) is 7.11 Å². The van der Waals surface area contributed by atoms with Crippen LogP contribution in [0.5, 0.6) is 11.5 Å². The lowest BCUT2D eigenvalue weighted by molar-refractivity contribution is -0.263. The Balaban J connectivity index is 2.35. The fourth-order valence-electron chi connectivity index (χ4n) is 2.65. The lowest BCUT2D eigenvalue weighted by atomic mass is 10.0. The smallest absolute Gasteiger partial charge is 0.347 e. The zero-order chi connectivity index (χ0) is 19.3. The summed E-state index contributed by atoms with van der Waals surface area (Å²) in [6, 6.07) is 5.92. The molecule has 0 unspecified atom stereocenters. The Bertz CT molecular complexity index is 847. The fourth-order valence-corrected chi connectivity index (χ4v) is 2.65. The molecule has 2 rings (SSSR count). The molecule has 0 fully saturated rings. The number of rotatable bonds is 8. The molecule has 1 aromatic carbocycles. The van der Waals surface area contributed by atoms with Crippen LogP contribution in [0.25, 0.3) is 11.0 Å². The molecule has 0 saturated heterocycles. The van der Waals surface area contributed by atoms with E-state index in [9.17, 15) is 15.0 Å². The molecule has 0 amide bonds. The highest BCUT2D eigenvalue weighted by Crippen LogP contribution is 2.35. The first-order chi connectivity index (χ1) is 12.3. The van der Waals surface area contributed by atoms with E-state index in [1.165, 1.54) is 19.2 Å². The van der Waals surface area contributed by atoms with Crippen molar-refractivity contribution < 1.29 is 24.1 Å². The van der Waals surface area contributed by atoms with E-state index >= 15 is 0 Å². The van der Waals surface area contributed by atoms with E-state index in [0.717, 1.165) is 31.3 Å². The van der Waals surface area contributed by atoms with Crippen LogP contribution in [0.4, 0.5) is 0 Å². The molecule has 2 aromatic rings. The Kier molecular flexibility index (Phi) is 6.45. The Labute approximate surface area is 152 Å². The summed E-state index contributed by atoms with van der Waals surface area (Å²) in [5.41, 5.74) is 0.945. The van der Waals surface area contributed by atoms with Crippen LogP contribution in [0, 0.1) is 0 Å². The number of benzene rings is 1. The summed E-state index contributed by atoms with van der Waals surface area (Å²) < 4.78 is 15.8. The largest absolute Gasteiger partial charge is 0.493 e. The number of fused-ring (bicyclic) bond motifs is 1. The first-order valence-electron chi connectivity index (χ1n) is 8.71. The SMILES string of the molecule is CCCCC/C(C)=C(\C)C(O)(O)Oc1cc2oc(=O)ccc2cc1OC. The molecule has 26 heavy (non-hydrogen) atoms. The molecular formula is C20H26O6. The molecule has 6 nitrogen and oxygen atoms in total. The predicted molar refractivity (Wildman–Crippen MR) is 99.3 cm³/mol. The molecular weight excluding hydrogens is 336 g/mol. The van der Waals surface area contributed by atoms with Gasteiger partial charge in [0.2, 0.25) is 0 Å². The van der Waals surface area contributed by atoms with Crippen molar-refractivity contribution in [2.24, 2.45) is 0 Å². The predicted octanol–water partition coefficient (Wildman–Crippen LogP) is 3.74.